The minimum atomic E-state index is -0.204. The Morgan fingerprint density at radius 1 is 0.318 bits per heavy atom. The lowest BCUT2D eigenvalue weighted by molar-refractivity contribution is 0.660. The van der Waals surface area contributed by atoms with Gasteiger partial charge in [0.2, 0.25) is 0 Å². The number of rotatable bonds is 6. The molecule has 1 heterocycles. The molecule has 66 heavy (non-hydrogen) atoms. The van der Waals surface area contributed by atoms with E-state index in [0.29, 0.717) is 0 Å². The second kappa shape index (κ2) is 14.5. The van der Waals surface area contributed by atoms with E-state index >= 15 is 0 Å². The number of anilines is 3. The van der Waals surface area contributed by atoms with Gasteiger partial charge in [0.1, 0.15) is 0 Å². The Kier molecular flexibility index (Phi) is 8.54. The van der Waals surface area contributed by atoms with E-state index in [2.05, 4.69) is 245 Å². The van der Waals surface area contributed by atoms with E-state index in [1.165, 1.54) is 109 Å². The Bertz CT molecular complexity index is 3760. The normalized spacial score (nSPS) is 14.0. The molecule has 11 aromatic rings. The Hall–Kier alpha value is -7.52. The number of benzene rings is 10. The predicted octanol–water partition coefficient (Wildman–Crippen LogP) is 18.3. The predicted molar refractivity (Wildman–Crippen MR) is 283 cm³/mol. The SMILES string of the molecule is CC1(C)c2cc(-c3ccccc3)ccc2-c2ccc(N(c3ccc(-c4cccc5c4sc4ccccc45)cc3)c3ccc4c(c3)C(C)(C)c3cc(-c5ccc6ccccc6c5)ccc3-4)cc21. The van der Waals surface area contributed by atoms with Crippen LogP contribution < -0.4 is 4.90 Å². The van der Waals surface area contributed by atoms with Crippen LogP contribution in [0.3, 0.4) is 0 Å². The molecule has 2 heteroatoms. The second-order valence-corrected chi connectivity index (χ2v) is 20.4. The van der Waals surface area contributed by atoms with Crippen molar-refractivity contribution in [3.8, 4) is 55.6 Å². The third-order valence-corrected chi connectivity index (χ3v) is 16.1. The molecule has 0 atom stereocenters. The zero-order chi connectivity index (χ0) is 44.3. The highest BCUT2D eigenvalue weighted by Crippen LogP contribution is 2.54. The molecule has 0 fully saturated rings. The molecule has 0 N–H and O–H groups in total. The largest absolute Gasteiger partial charge is 0.310 e. The number of nitrogens with zero attached hydrogens (tertiary/aromatic N) is 1. The van der Waals surface area contributed by atoms with Crippen molar-refractivity contribution in [1.82, 2.24) is 0 Å². The number of hydrogen-bond donors (Lipinski definition) is 0. The van der Waals surface area contributed by atoms with Gasteiger partial charge in [-0.1, -0.05) is 179 Å². The molecule has 0 saturated carbocycles. The van der Waals surface area contributed by atoms with Crippen LogP contribution in [0.2, 0.25) is 0 Å². The van der Waals surface area contributed by atoms with Gasteiger partial charge in [-0.05, 0) is 149 Å². The average Bonchev–Trinajstić information content (AvgIpc) is 3.93. The van der Waals surface area contributed by atoms with Gasteiger partial charge in [-0.3, -0.25) is 0 Å². The summed E-state index contributed by atoms with van der Waals surface area (Å²) in [5, 5.41) is 5.18. The van der Waals surface area contributed by atoms with E-state index in [1.54, 1.807) is 0 Å². The van der Waals surface area contributed by atoms with Gasteiger partial charge in [0.15, 0.2) is 0 Å². The number of fused-ring (bicyclic) bond motifs is 10. The van der Waals surface area contributed by atoms with E-state index < -0.39 is 0 Å². The Morgan fingerprint density at radius 2 is 0.803 bits per heavy atom. The molecule has 13 rings (SSSR count). The standard InChI is InChI=1S/C64H47NS/c1-63(2)57-36-45(40-13-6-5-7-14-40)25-31-51(57)53-33-29-48(38-59(53)63)65(47-27-23-42(24-28-47)50-18-12-19-56-55-17-10-11-20-61(55)66-62(50)56)49-30-34-54-52-32-26-46(37-58(52)64(3,4)60(54)39-49)44-22-21-41-15-8-9-16-43(41)35-44/h5-39H,1-4H3. The molecule has 2 aliphatic carbocycles. The van der Waals surface area contributed by atoms with Crippen molar-refractivity contribution in [3.63, 3.8) is 0 Å². The fraction of sp³-hybridized carbons (Fsp3) is 0.0938. The molecule has 0 bridgehead atoms. The van der Waals surface area contributed by atoms with Crippen LogP contribution in [0.1, 0.15) is 49.9 Å². The fourth-order valence-electron chi connectivity index (χ4n) is 11.3. The van der Waals surface area contributed by atoms with Gasteiger partial charge < -0.3 is 4.90 Å². The van der Waals surface area contributed by atoms with Crippen LogP contribution in [0.25, 0.3) is 86.6 Å². The smallest absolute Gasteiger partial charge is 0.0465 e. The van der Waals surface area contributed by atoms with Crippen LogP contribution >= 0.6 is 11.3 Å². The first-order chi connectivity index (χ1) is 32.2. The third kappa shape index (κ3) is 5.91. The summed E-state index contributed by atoms with van der Waals surface area (Å²) in [6.07, 6.45) is 0. The molecular formula is C64H47NS. The summed E-state index contributed by atoms with van der Waals surface area (Å²) in [5.74, 6) is 0. The maximum Gasteiger partial charge on any atom is 0.0465 e. The molecule has 1 nitrogen and oxygen atoms in total. The topological polar surface area (TPSA) is 3.24 Å². The molecular weight excluding hydrogens is 815 g/mol. The first-order valence-electron chi connectivity index (χ1n) is 23.2. The van der Waals surface area contributed by atoms with Gasteiger partial charge in [0, 0.05) is 48.1 Å². The molecule has 314 valence electrons. The number of hydrogen-bond acceptors (Lipinski definition) is 2. The van der Waals surface area contributed by atoms with Crippen LogP contribution in [-0.2, 0) is 10.8 Å². The van der Waals surface area contributed by atoms with Crippen LogP contribution in [0, 0.1) is 0 Å². The van der Waals surface area contributed by atoms with Crippen molar-refractivity contribution >= 4 is 59.3 Å². The van der Waals surface area contributed by atoms with Crippen molar-refractivity contribution in [2.75, 3.05) is 4.90 Å². The summed E-state index contributed by atoms with van der Waals surface area (Å²) < 4.78 is 2.66. The minimum absolute atomic E-state index is 0.186. The maximum absolute atomic E-state index is 2.48. The van der Waals surface area contributed by atoms with Gasteiger partial charge in [-0.25, -0.2) is 0 Å². The zero-order valence-electron chi connectivity index (χ0n) is 37.6. The summed E-state index contributed by atoms with van der Waals surface area (Å²) in [6, 6.07) is 79.5. The van der Waals surface area contributed by atoms with Crippen LogP contribution in [0.15, 0.2) is 212 Å². The lowest BCUT2D eigenvalue weighted by Crippen LogP contribution is -2.18. The van der Waals surface area contributed by atoms with Crippen molar-refractivity contribution in [2.45, 2.75) is 38.5 Å². The summed E-state index contributed by atoms with van der Waals surface area (Å²) in [6.45, 7) is 9.59. The zero-order valence-corrected chi connectivity index (χ0v) is 38.4. The van der Waals surface area contributed by atoms with Crippen LogP contribution in [-0.4, -0.2) is 0 Å². The molecule has 1 aromatic heterocycles. The molecule has 0 amide bonds. The summed E-state index contributed by atoms with van der Waals surface area (Å²) in [4.78, 5) is 2.48. The molecule has 0 aliphatic heterocycles. The first kappa shape index (κ1) is 38.9. The Morgan fingerprint density at radius 3 is 1.47 bits per heavy atom. The minimum Gasteiger partial charge on any atom is -0.310 e. The summed E-state index contributed by atoms with van der Waals surface area (Å²) in [5.41, 5.74) is 21.3. The lowest BCUT2D eigenvalue weighted by atomic mass is 9.81. The van der Waals surface area contributed by atoms with Crippen LogP contribution in [0.4, 0.5) is 17.1 Å². The molecule has 10 aromatic carbocycles. The fourth-order valence-corrected chi connectivity index (χ4v) is 12.5. The monoisotopic (exact) mass is 861 g/mol. The van der Waals surface area contributed by atoms with Crippen molar-refractivity contribution in [2.24, 2.45) is 0 Å². The summed E-state index contributed by atoms with van der Waals surface area (Å²) in [7, 11) is 0. The quantitative estimate of drug-likeness (QED) is 0.161. The highest BCUT2D eigenvalue weighted by Gasteiger charge is 2.38. The van der Waals surface area contributed by atoms with Gasteiger partial charge in [0.25, 0.3) is 0 Å². The lowest BCUT2D eigenvalue weighted by Gasteiger charge is -2.30. The first-order valence-corrected chi connectivity index (χ1v) is 24.0. The maximum atomic E-state index is 2.48. The Labute approximate surface area is 390 Å². The van der Waals surface area contributed by atoms with E-state index in [0.717, 1.165) is 17.1 Å². The molecule has 0 spiro atoms. The molecule has 2 aliphatic rings. The second-order valence-electron chi connectivity index (χ2n) is 19.3. The van der Waals surface area contributed by atoms with E-state index in [4.69, 9.17) is 0 Å². The Balaban J connectivity index is 0.929. The molecule has 0 saturated heterocycles. The third-order valence-electron chi connectivity index (χ3n) is 14.9. The van der Waals surface area contributed by atoms with E-state index in [1.807, 2.05) is 11.3 Å². The van der Waals surface area contributed by atoms with Gasteiger partial charge in [-0.2, -0.15) is 0 Å². The van der Waals surface area contributed by atoms with Crippen molar-refractivity contribution in [1.29, 1.82) is 0 Å². The van der Waals surface area contributed by atoms with Crippen LogP contribution in [0.5, 0.6) is 0 Å². The van der Waals surface area contributed by atoms with E-state index in [-0.39, 0.29) is 10.8 Å². The van der Waals surface area contributed by atoms with Gasteiger partial charge in [-0.15, -0.1) is 11.3 Å². The molecule has 0 radical (unpaired) electrons. The highest BCUT2D eigenvalue weighted by molar-refractivity contribution is 7.26. The van der Waals surface area contributed by atoms with Gasteiger partial charge >= 0.3 is 0 Å². The van der Waals surface area contributed by atoms with Crippen molar-refractivity contribution < 1.29 is 0 Å². The number of thiophene rings is 1. The molecule has 0 unspecified atom stereocenters. The van der Waals surface area contributed by atoms with Gasteiger partial charge in [0.05, 0.1) is 0 Å². The van der Waals surface area contributed by atoms with E-state index in [9.17, 15) is 0 Å². The van der Waals surface area contributed by atoms with Crippen molar-refractivity contribution in [3.05, 3.63) is 235 Å². The average molecular weight is 862 g/mol. The highest BCUT2D eigenvalue weighted by atomic mass is 32.1. The summed E-state index contributed by atoms with van der Waals surface area (Å²) >= 11 is 1.89.